The number of rotatable bonds is 7. The van der Waals surface area contributed by atoms with Gasteiger partial charge in [-0.05, 0) is 55.2 Å². The summed E-state index contributed by atoms with van der Waals surface area (Å²) >= 11 is 1.45. The van der Waals surface area contributed by atoms with Crippen LogP contribution in [0.2, 0.25) is 0 Å². The average Bonchev–Trinajstić information content (AvgIpc) is 3.30. The van der Waals surface area contributed by atoms with Gasteiger partial charge < -0.3 is 19.7 Å². The predicted molar refractivity (Wildman–Crippen MR) is 130 cm³/mol. The lowest BCUT2D eigenvalue weighted by Gasteiger charge is -2.33. The first-order valence-electron chi connectivity index (χ1n) is 11.0. The number of benzene rings is 2. The van der Waals surface area contributed by atoms with Gasteiger partial charge in [-0.1, -0.05) is 30.0 Å². The molecule has 36 heavy (non-hydrogen) atoms. The number of hydrogen-bond donors (Lipinski definition) is 1. The zero-order valence-electron chi connectivity index (χ0n) is 19.3. The molecule has 1 atom stereocenters. The van der Waals surface area contributed by atoms with E-state index in [1.807, 2.05) is 16.5 Å². The number of aliphatic imine (C=N–C) groups is 1. The summed E-state index contributed by atoms with van der Waals surface area (Å²) in [5.41, 5.74) is 0.964. The van der Waals surface area contributed by atoms with Crippen LogP contribution in [0.5, 0.6) is 5.75 Å². The number of esters is 1. The van der Waals surface area contributed by atoms with Crippen molar-refractivity contribution in [2.24, 2.45) is 4.99 Å². The molecule has 2 aromatic carbocycles. The summed E-state index contributed by atoms with van der Waals surface area (Å²) in [5.74, 6) is -0.666. The van der Waals surface area contributed by atoms with E-state index in [1.54, 1.807) is 38.1 Å². The second kappa shape index (κ2) is 10.5. The molecule has 11 heteroatoms. The van der Waals surface area contributed by atoms with Crippen LogP contribution in [0.25, 0.3) is 0 Å². The Labute approximate surface area is 209 Å². The fourth-order valence-corrected chi connectivity index (χ4v) is 4.56. The molecule has 2 aromatic rings. The summed E-state index contributed by atoms with van der Waals surface area (Å²) in [4.78, 5) is 31.3. The smallest absolute Gasteiger partial charge is 0.416 e. The SMILES string of the molecule is CCOC(=O)C1=C(C)N=C2SC=CN2[C@H]1c1ccc(OCC(=O)Nc2cccc(C(F)(F)F)c2)cc1. The third kappa shape index (κ3) is 5.56. The number of allylic oxidation sites excluding steroid dienone is 1. The minimum Gasteiger partial charge on any atom is -0.484 e. The fourth-order valence-electron chi connectivity index (χ4n) is 3.76. The molecule has 2 aliphatic heterocycles. The van der Waals surface area contributed by atoms with Gasteiger partial charge in [-0.25, -0.2) is 9.79 Å². The number of ether oxygens (including phenoxy) is 2. The number of amides is 1. The Morgan fingerprint density at radius 3 is 2.61 bits per heavy atom. The molecule has 0 radical (unpaired) electrons. The number of carbonyl (C=O) groups is 2. The molecule has 0 saturated carbocycles. The van der Waals surface area contributed by atoms with E-state index in [0.717, 1.165) is 22.9 Å². The van der Waals surface area contributed by atoms with Crippen LogP contribution < -0.4 is 10.1 Å². The zero-order valence-corrected chi connectivity index (χ0v) is 20.2. The second-order valence-corrected chi connectivity index (χ2v) is 8.68. The monoisotopic (exact) mass is 517 g/mol. The number of nitrogens with one attached hydrogen (secondary N) is 1. The minimum absolute atomic E-state index is 0.0220. The third-order valence-electron chi connectivity index (χ3n) is 5.36. The number of alkyl halides is 3. The van der Waals surface area contributed by atoms with E-state index in [-0.39, 0.29) is 12.3 Å². The van der Waals surface area contributed by atoms with Crippen LogP contribution in [-0.2, 0) is 20.5 Å². The molecule has 0 aromatic heterocycles. The highest BCUT2D eigenvalue weighted by Crippen LogP contribution is 2.41. The van der Waals surface area contributed by atoms with Crippen LogP contribution >= 0.6 is 11.8 Å². The van der Waals surface area contributed by atoms with Gasteiger partial charge in [0.15, 0.2) is 11.8 Å². The van der Waals surface area contributed by atoms with E-state index >= 15 is 0 Å². The molecule has 1 amide bonds. The highest BCUT2D eigenvalue weighted by atomic mass is 32.2. The Bertz CT molecular complexity index is 1260. The molecule has 0 fully saturated rings. The van der Waals surface area contributed by atoms with Crippen LogP contribution in [0.3, 0.4) is 0 Å². The van der Waals surface area contributed by atoms with Crippen molar-refractivity contribution in [3.63, 3.8) is 0 Å². The molecule has 2 aliphatic rings. The largest absolute Gasteiger partial charge is 0.484 e. The van der Waals surface area contributed by atoms with Gasteiger partial charge >= 0.3 is 12.1 Å². The lowest BCUT2D eigenvalue weighted by atomic mass is 9.95. The molecule has 4 rings (SSSR count). The van der Waals surface area contributed by atoms with Crippen LogP contribution in [0.15, 0.2) is 76.4 Å². The Morgan fingerprint density at radius 1 is 1.17 bits per heavy atom. The van der Waals surface area contributed by atoms with E-state index in [2.05, 4.69) is 10.3 Å². The molecule has 0 spiro atoms. The molecule has 1 N–H and O–H groups in total. The lowest BCUT2D eigenvalue weighted by Crippen LogP contribution is -2.34. The predicted octanol–water partition coefficient (Wildman–Crippen LogP) is 5.49. The third-order valence-corrected chi connectivity index (χ3v) is 6.13. The maximum atomic E-state index is 12.9. The average molecular weight is 518 g/mol. The van der Waals surface area contributed by atoms with Crippen LogP contribution in [0.1, 0.15) is 31.0 Å². The normalized spacial score (nSPS) is 17.0. The van der Waals surface area contributed by atoms with Crippen molar-refractivity contribution in [3.8, 4) is 5.75 Å². The van der Waals surface area contributed by atoms with Crippen molar-refractivity contribution < 1.29 is 32.2 Å². The van der Waals surface area contributed by atoms with Crippen molar-refractivity contribution in [2.75, 3.05) is 18.5 Å². The Balaban J connectivity index is 1.44. The number of carbonyl (C=O) groups excluding carboxylic acids is 2. The van der Waals surface area contributed by atoms with E-state index < -0.39 is 36.3 Å². The zero-order chi connectivity index (χ0) is 25.9. The van der Waals surface area contributed by atoms with Crippen molar-refractivity contribution in [1.82, 2.24) is 4.90 Å². The van der Waals surface area contributed by atoms with Gasteiger partial charge in [0.05, 0.1) is 29.5 Å². The number of hydrogen-bond acceptors (Lipinski definition) is 7. The summed E-state index contributed by atoms with van der Waals surface area (Å²) < 4.78 is 49.4. The maximum absolute atomic E-state index is 12.9. The first-order valence-corrected chi connectivity index (χ1v) is 11.8. The van der Waals surface area contributed by atoms with Gasteiger partial charge in [-0.15, -0.1) is 0 Å². The number of anilines is 1. The minimum atomic E-state index is -4.51. The molecule has 2 heterocycles. The molecular weight excluding hydrogens is 495 g/mol. The number of nitrogens with zero attached hydrogens (tertiary/aromatic N) is 2. The van der Waals surface area contributed by atoms with Crippen molar-refractivity contribution in [1.29, 1.82) is 0 Å². The highest BCUT2D eigenvalue weighted by Gasteiger charge is 2.37. The fraction of sp³-hybridized carbons (Fsp3) is 0.240. The van der Waals surface area contributed by atoms with Crippen LogP contribution in [-0.4, -0.2) is 35.2 Å². The Hall–Kier alpha value is -3.73. The second-order valence-electron chi connectivity index (χ2n) is 7.81. The van der Waals surface area contributed by atoms with Gasteiger partial charge in [0, 0.05) is 11.9 Å². The quantitative estimate of drug-likeness (QED) is 0.490. The Morgan fingerprint density at radius 2 is 1.92 bits per heavy atom. The molecule has 0 aliphatic carbocycles. The summed E-state index contributed by atoms with van der Waals surface area (Å²) in [5, 5.41) is 5.03. The molecule has 0 saturated heterocycles. The van der Waals surface area contributed by atoms with Gasteiger partial charge in [-0.3, -0.25) is 4.79 Å². The number of fused-ring (bicyclic) bond motifs is 1. The summed E-state index contributed by atoms with van der Waals surface area (Å²) in [6.45, 7) is 3.34. The molecule has 188 valence electrons. The van der Waals surface area contributed by atoms with Gasteiger partial charge in [-0.2, -0.15) is 13.2 Å². The number of halogens is 3. The molecular formula is C25H22F3N3O4S. The van der Waals surface area contributed by atoms with Gasteiger partial charge in [0.1, 0.15) is 5.75 Å². The first kappa shape index (κ1) is 25.4. The van der Waals surface area contributed by atoms with Gasteiger partial charge in [0.2, 0.25) is 0 Å². The van der Waals surface area contributed by atoms with E-state index in [4.69, 9.17) is 9.47 Å². The molecule has 0 unspecified atom stereocenters. The summed E-state index contributed by atoms with van der Waals surface area (Å²) in [6.07, 6.45) is -2.66. The highest BCUT2D eigenvalue weighted by molar-refractivity contribution is 8.16. The maximum Gasteiger partial charge on any atom is 0.416 e. The summed E-state index contributed by atoms with van der Waals surface area (Å²) in [6, 6.07) is 10.8. The molecule has 7 nitrogen and oxygen atoms in total. The van der Waals surface area contributed by atoms with Gasteiger partial charge in [0.25, 0.3) is 5.91 Å². The van der Waals surface area contributed by atoms with Crippen molar-refractivity contribution in [3.05, 3.63) is 82.5 Å². The lowest BCUT2D eigenvalue weighted by molar-refractivity contribution is -0.139. The van der Waals surface area contributed by atoms with E-state index in [0.29, 0.717) is 17.0 Å². The van der Waals surface area contributed by atoms with E-state index in [1.165, 1.54) is 23.9 Å². The van der Waals surface area contributed by atoms with E-state index in [9.17, 15) is 22.8 Å². The van der Waals surface area contributed by atoms with Crippen molar-refractivity contribution >= 4 is 34.5 Å². The Kier molecular flexibility index (Phi) is 7.39. The van der Waals surface area contributed by atoms with Crippen LogP contribution in [0, 0.1) is 0 Å². The summed E-state index contributed by atoms with van der Waals surface area (Å²) in [7, 11) is 0. The molecule has 0 bridgehead atoms. The number of thioether (sulfide) groups is 1. The number of amidine groups is 1. The standard InChI is InChI=1S/C25H22F3N3O4S/c1-3-34-23(33)21-15(2)29-24-31(11-12-36-24)22(21)16-7-9-19(10-8-16)35-14-20(32)30-18-6-4-5-17(13-18)25(26,27)28/h4-13,22H,3,14H2,1-2H3,(H,30,32)/t22-/m0/s1. The topological polar surface area (TPSA) is 80.2 Å². The van der Waals surface area contributed by atoms with Crippen molar-refractivity contribution in [2.45, 2.75) is 26.1 Å². The van der Waals surface area contributed by atoms with Crippen LogP contribution in [0.4, 0.5) is 18.9 Å². The first-order chi connectivity index (χ1) is 17.2.